The molecular weight excluding hydrogens is 182 g/mol. The van der Waals surface area contributed by atoms with E-state index >= 15 is 0 Å². The van der Waals surface area contributed by atoms with Crippen LogP contribution in [0.15, 0.2) is 0 Å². The average molecular weight is 191 g/mol. The van der Waals surface area contributed by atoms with Crippen LogP contribution >= 0.6 is 0 Å². The van der Waals surface area contributed by atoms with E-state index in [9.17, 15) is 0 Å². The summed E-state index contributed by atoms with van der Waals surface area (Å²) in [5.41, 5.74) is 0. The maximum atomic E-state index is 5.27. The molecule has 0 radical (unpaired) electrons. The lowest BCUT2D eigenvalue weighted by molar-refractivity contribution is 0.509. The van der Waals surface area contributed by atoms with Gasteiger partial charge in [0.1, 0.15) is 0 Å². The third-order valence-electron chi connectivity index (χ3n) is 1.72. The van der Waals surface area contributed by atoms with Crippen molar-refractivity contribution >= 4 is 29.7 Å². The van der Waals surface area contributed by atoms with E-state index in [2.05, 4.69) is 5.92 Å². The zero-order valence-corrected chi connectivity index (χ0v) is 8.19. The summed E-state index contributed by atoms with van der Waals surface area (Å²) < 4.78 is 2.00. The zero-order valence-electron chi connectivity index (χ0n) is 5.74. The van der Waals surface area contributed by atoms with Crippen molar-refractivity contribution in [3.63, 3.8) is 0 Å². The molecule has 1 fully saturated rings. The second-order valence-corrected chi connectivity index (χ2v) is 8.39. The first-order valence-corrected chi connectivity index (χ1v) is 6.60. The highest BCUT2D eigenvalue weighted by molar-refractivity contribution is 8.55. The van der Waals surface area contributed by atoms with Gasteiger partial charge < -0.3 is 0 Å². The van der Waals surface area contributed by atoms with Gasteiger partial charge in [0.25, 0.3) is 0 Å². The molecule has 0 amide bonds. The largest absolute Gasteiger partial charge is 0.233 e. The smallest absolute Gasteiger partial charge is 0.0818 e. The summed E-state index contributed by atoms with van der Waals surface area (Å²) in [6.07, 6.45) is 6.26. The number of rotatable bonds is 0. The van der Waals surface area contributed by atoms with Crippen LogP contribution in [0.4, 0.5) is 0 Å². The Balaban J connectivity index is 2.90. The van der Waals surface area contributed by atoms with Crippen LogP contribution in [0.5, 0.6) is 0 Å². The lowest BCUT2D eigenvalue weighted by Crippen LogP contribution is -2.26. The molecule has 1 saturated heterocycles. The monoisotopic (exact) mass is 191 g/mol. The van der Waals surface area contributed by atoms with Crippen molar-refractivity contribution in [3.05, 3.63) is 0 Å². The number of hydrogen-bond donors (Lipinski definition) is 0. The molecule has 0 saturated carbocycles. The summed E-state index contributed by atoms with van der Waals surface area (Å²) in [5.74, 6) is 3.62. The Morgan fingerprint density at radius 3 is 2.50 bits per heavy atom. The molecule has 1 aliphatic heterocycles. The van der Waals surface area contributed by atoms with Gasteiger partial charge in [-0.2, -0.15) is 0 Å². The van der Waals surface area contributed by atoms with Crippen molar-refractivity contribution in [2.24, 2.45) is 0 Å². The molecule has 0 aliphatic carbocycles. The van der Waals surface area contributed by atoms with Crippen LogP contribution in [0.25, 0.3) is 0 Å². The number of terminal acetylenes is 1. The number of hydrogen-bond acceptors (Lipinski definition) is 2. The van der Waals surface area contributed by atoms with Gasteiger partial charge in [-0.15, -0.1) is 6.42 Å². The van der Waals surface area contributed by atoms with Gasteiger partial charge in [-0.3, -0.25) is 0 Å². The van der Waals surface area contributed by atoms with Crippen LogP contribution in [-0.2, 0) is 29.7 Å². The Morgan fingerprint density at radius 2 is 2.30 bits per heavy atom. The van der Waals surface area contributed by atoms with Gasteiger partial charge in [-0.1, -0.05) is 5.92 Å². The minimum absolute atomic E-state index is 0.199. The van der Waals surface area contributed by atoms with E-state index in [1.165, 1.54) is 0 Å². The predicted octanol–water partition coefficient (Wildman–Crippen LogP) is 0.317. The van der Waals surface area contributed by atoms with Gasteiger partial charge >= 0.3 is 0 Å². The molecule has 0 aromatic carbocycles. The Morgan fingerprint density at radius 1 is 1.70 bits per heavy atom. The van der Waals surface area contributed by atoms with E-state index in [1.54, 1.807) is 0 Å². The van der Waals surface area contributed by atoms with Crippen LogP contribution in [0.2, 0.25) is 0 Å². The summed E-state index contributed by atoms with van der Waals surface area (Å²) in [5, 5.41) is 0. The van der Waals surface area contributed by atoms with E-state index in [1.807, 2.05) is 11.4 Å². The van der Waals surface area contributed by atoms with Gasteiger partial charge in [0.15, 0.2) is 0 Å². The molecule has 1 rings (SSSR count). The molecule has 4 heteroatoms. The molecule has 1 aliphatic rings. The zero-order chi connectivity index (χ0) is 7.78. The molecule has 56 valence electrons. The van der Waals surface area contributed by atoms with Crippen LogP contribution in [-0.4, -0.2) is 23.1 Å². The quantitative estimate of drug-likeness (QED) is 0.508. The van der Waals surface area contributed by atoms with Gasteiger partial charge in [0.2, 0.25) is 0 Å². The van der Waals surface area contributed by atoms with Crippen molar-refractivity contribution in [1.29, 1.82) is 0 Å². The lowest BCUT2D eigenvalue weighted by Gasteiger charge is -2.16. The normalized spacial score (nSPS) is 31.8. The fourth-order valence-electron chi connectivity index (χ4n) is 0.969. The second kappa shape index (κ2) is 2.74. The maximum absolute atomic E-state index is 5.27. The van der Waals surface area contributed by atoms with Crippen molar-refractivity contribution in [1.82, 2.24) is 4.31 Å². The lowest BCUT2D eigenvalue weighted by atomic mass is 10.2. The molecular formula is C6H9NS3. The highest BCUT2D eigenvalue weighted by atomic mass is 33.1. The molecule has 1 nitrogen and oxygen atoms in total. The third kappa shape index (κ3) is 1.32. The van der Waals surface area contributed by atoms with E-state index in [-0.39, 0.29) is 6.04 Å². The van der Waals surface area contributed by atoms with Crippen LogP contribution in [0.1, 0.15) is 6.42 Å². The Labute approximate surface area is 71.7 Å². The SMILES string of the molecule is C#CC1CCS(=S)(=S)N1C. The molecule has 1 atom stereocenters. The summed E-state index contributed by atoms with van der Waals surface area (Å²) in [6, 6.07) is 0.199. The number of nitrogens with zero attached hydrogens (tertiary/aromatic N) is 1. The Kier molecular flexibility index (Phi) is 2.31. The van der Waals surface area contributed by atoms with Gasteiger partial charge in [0, 0.05) is 5.75 Å². The second-order valence-electron chi connectivity index (χ2n) is 2.30. The van der Waals surface area contributed by atoms with Gasteiger partial charge in [0.05, 0.1) is 6.04 Å². The third-order valence-corrected chi connectivity index (χ3v) is 6.01. The summed E-state index contributed by atoms with van der Waals surface area (Å²) in [6.45, 7) is 0. The summed E-state index contributed by atoms with van der Waals surface area (Å²) in [7, 11) is 0.609. The first kappa shape index (κ1) is 8.41. The van der Waals surface area contributed by atoms with Crippen molar-refractivity contribution in [3.8, 4) is 12.3 Å². The first-order valence-electron chi connectivity index (χ1n) is 3.00. The van der Waals surface area contributed by atoms with Crippen molar-refractivity contribution in [2.75, 3.05) is 12.8 Å². The fraction of sp³-hybridized carbons (Fsp3) is 0.667. The van der Waals surface area contributed by atoms with E-state index in [0.717, 1.165) is 12.2 Å². The van der Waals surface area contributed by atoms with E-state index in [0.29, 0.717) is 0 Å². The Bertz CT molecular complexity index is 259. The average Bonchev–Trinajstić information content (AvgIpc) is 2.10. The molecule has 0 N–H and O–H groups in total. The standard InChI is InChI=1S/C6H9NS3/c1-3-6-4-5-10(8,9)7(6)2/h1,6H,4-5H2,2H3. The van der Waals surface area contributed by atoms with Crippen LogP contribution in [0.3, 0.4) is 0 Å². The summed E-state index contributed by atoms with van der Waals surface area (Å²) >= 11 is 10.4. The molecule has 0 aromatic heterocycles. The first-order chi connectivity index (χ1) is 4.58. The van der Waals surface area contributed by atoms with Gasteiger partial charge in [-0.25, -0.2) is 4.31 Å². The topological polar surface area (TPSA) is 3.24 Å². The molecule has 1 heterocycles. The highest BCUT2D eigenvalue weighted by Crippen LogP contribution is 2.18. The predicted molar refractivity (Wildman–Crippen MR) is 52.0 cm³/mol. The molecule has 1 unspecified atom stereocenters. The fourth-order valence-corrected chi connectivity index (χ4v) is 3.53. The molecule has 0 aromatic rings. The highest BCUT2D eigenvalue weighted by Gasteiger charge is 2.26. The van der Waals surface area contributed by atoms with Crippen LogP contribution < -0.4 is 0 Å². The molecule has 0 spiro atoms. The van der Waals surface area contributed by atoms with E-state index in [4.69, 9.17) is 28.8 Å². The minimum Gasteiger partial charge on any atom is -0.233 e. The molecule has 10 heavy (non-hydrogen) atoms. The van der Waals surface area contributed by atoms with Crippen LogP contribution in [0, 0.1) is 12.3 Å². The van der Waals surface area contributed by atoms with Crippen molar-refractivity contribution in [2.45, 2.75) is 12.5 Å². The maximum Gasteiger partial charge on any atom is 0.0818 e. The summed E-state index contributed by atoms with van der Waals surface area (Å²) in [4.78, 5) is 0. The van der Waals surface area contributed by atoms with Gasteiger partial charge in [-0.05, 0) is 43.2 Å². The molecule has 0 bridgehead atoms. The van der Waals surface area contributed by atoms with E-state index < -0.39 is 7.33 Å². The Hall–Kier alpha value is 0.310. The minimum atomic E-state index is -1.33. The van der Waals surface area contributed by atoms with Crippen molar-refractivity contribution < 1.29 is 0 Å².